The van der Waals surface area contributed by atoms with Crippen LogP contribution in [0.2, 0.25) is 0 Å². The van der Waals surface area contributed by atoms with Crippen LogP contribution < -0.4 is 9.64 Å². The highest BCUT2D eigenvalue weighted by atomic mass is 16.5. The molecule has 4 aromatic carbocycles. The molecule has 1 spiro atoms. The Morgan fingerprint density at radius 3 is 2.21 bits per heavy atom. The van der Waals surface area contributed by atoms with E-state index in [-0.39, 0.29) is 22.3 Å². The molecule has 4 aromatic rings. The van der Waals surface area contributed by atoms with Gasteiger partial charge in [-0.3, -0.25) is 0 Å². The van der Waals surface area contributed by atoms with Crippen molar-refractivity contribution in [1.82, 2.24) is 0 Å². The Hall–Kier alpha value is -3.50. The summed E-state index contributed by atoms with van der Waals surface area (Å²) in [6.45, 7) is 13.1. The molecular formula is C43H49NO3. The van der Waals surface area contributed by atoms with Crippen molar-refractivity contribution >= 4 is 16.5 Å². The Labute approximate surface area is 280 Å². The number of phenolic OH excluding ortho intramolecular Hbond substituents is 1. The number of anilines is 1. The number of hydrogen-bond donors (Lipinski definition) is 1. The van der Waals surface area contributed by atoms with Crippen molar-refractivity contribution in [2.75, 3.05) is 31.2 Å². The first-order valence-electron chi connectivity index (χ1n) is 18.1. The van der Waals surface area contributed by atoms with Gasteiger partial charge in [0.15, 0.2) is 0 Å². The maximum Gasteiger partial charge on any atom is 0.128 e. The van der Waals surface area contributed by atoms with E-state index < -0.39 is 0 Å². The van der Waals surface area contributed by atoms with Gasteiger partial charge in [-0.05, 0) is 131 Å². The van der Waals surface area contributed by atoms with Crippen molar-refractivity contribution in [2.45, 2.75) is 84.2 Å². The molecule has 1 N–H and O–H groups in total. The number of rotatable bonds is 4. The number of morpholine rings is 1. The highest BCUT2D eigenvalue weighted by Gasteiger charge is 2.53. The number of ether oxygens (including phenoxy) is 2. The standard InChI is InChI=1S/C43H49NO3/c1-41(2)24-42(3,4)26-43(25-41)35-8-6-5-7-31(35)40-34-22-39(47-38-20-27-9-10-29(38)19-27)32(21-33(34)37(45)23-36(40)43)28-11-13-30(14-12-28)44-15-17-46-18-16-44/h5-8,11-14,21-23,27,29,38,45H,9-10,15-20,24-26H2,1-4H3. The van der Waals surface area contributed by atoms with Crippen molar-refractivity contribution < 1.29 is 14.6 Å². The van der Waals surface area contributed by atoms with E-state index in [0.717, 1.165) is 79.1 Å². The molecule has 5 aliphatic rings. The fraction of sp³-hybridized carbons (Fsp3) is 0.488. The van der Waals surface area contributed by atoms with Gasteiger partial charge in [-0.1, -0.05) is 64.1 Å². The van der Waals surface area contributed by atoms with Gasteiger partial charge in [-0.2, -0.15) is 0 Å². The topological polar surface area (TPSA) is 41.9 Å². The molecule has 3 saturated carbocycles. The van der Waals surface area contributed by atoms with Gasteiger partial charge in [0.25, 0.3) is 0 Å². The molecule has 244 valence electrons. The normalized spacial score (nSPS) is 26.5. The Balaban J connectivity index is 1.23. The lowest BCUT2D eigenvalue weighted by molar-refractivity contribution is 0.0645. The van der Waals surface area contributed by atoms with E-state index in [1.807, 2.05) is 0 Å². The Morgan fingerprint density at radius 2 is 1.51 bits per heavy atom. The van der Waals surface area contributed by atoms with Gasteiger partial charge in [0.1, 0.15) is 17.6 Å². The molecule has 9 rings (SSSR count). The fourth-order valence-electron chi connectivity index (χ4n) is 11.3. The average Bonchev–Trinajstić information content (AvgIpc) is 3.73. The smallest absolute Gasteiger partial charge is 0.128 e. The summed E-state index contributed by atoms with van der Waals surface area (Å²) < 4.78 is 12.7. The van der Waals surface area contributed by atoms with Crippen molar-refractivity contribution in [3.05, 3.63) is 77.9 Å². The number of aromatic hydroxyl groups is 1. The fourth-order valence-corrected chi connectivity index (χ4v) is 11.3. The van der Waals surface area contributed by atoms with Crippen LogP contribution in [0.25, 0.3) is 33.0 Å². The van der Waals surface area contributed by atoms with Gasteiger partial charge in [-0.25, -0.2) is 0 Å². The van der Waals surface area contributed by atoms with Gasteiger partial charge in [0.05, 0.1) is 13.2 Å². The molecule has 4 heteroatoms. The molecule has 0 radical (unpaired) electrons. The zero-order valence-electron chi connectivity index (χ0n) is 28.6. The lowest BCUT2D eigenvalue weighted by Gasteiger charge is -2.51. The minimum atomic E-state index is -0.123. The third-order valence-electron chi connectivity index (χ3n) is 12.5. The van der Waals surface area contributed by atoms with Gasteiger partial charge in [0, 0.05) is 35.1 Å². The highest BCUT2D eigenvalue weighted by Crippen LogP contribution is 2.65. The number of hydrogen-bond acceptors (Lipinski definition) is 4. The lowest BCUT2D eigenvalue weighted by Crippen LogP contribution is -2.43. The quantitative estimate of drug-likeness (QED) is 0.245. The van der Waals surface area contributed by atoms with Crippen LogP contribution in [0.5, 0.6) is 11.5 Å². The van der Waals surface area contributed by atoms with E-state index in [9.17, 15) is 5.11 Å². The summed E-state index contributed by atoms with van der Waals surface area (Å²) in [7, 11) is 0. The van der Waals surface area contributed by atoms with Crippen LogP contribution in [-0.4, -0.2) is 37.5 Å². The van der Waals surface area contributed by atoms with Crippen LogP contribution in [-0.2, 0) is 10.2 Å². The van der Waals surface area contributed by atoms with E-state index in [1.54, 1.807) is 0 Å². The SMILES string of the molecule is CC1(C)CC(C)(C)CC2(C1)c1ccccc1-c1c2cc(O)c2cc(-c3ccc(N4CCOCC4)cc3)c(OC3CC4CCC3C4)cc12. The third kappa shape index (κ3) is 4.80. The van der Waals surface area contributed by atoms with Crippen LogP contribution in [0.3, 0.4) is 0 Å². The molecule has 0 amide bonds. The molecule has 4 aliphatic carbocycles. The lowest BCUT2D eigenvalue weighted by atomic mass is 9.52. The average molecular weight is 628 g/mol. The summed E-state index contributed by atoms with van der Waals surface area (Å²) in [6, 6.07) is 24.7. The van der Waals surface area contributed by atoms with E-state index in [0.29, 0.717) is 11.7 Å². The number of phenols is 1. The van der Waals surface area contributed by atoms with Crippen LogP contribution in [0.15, 0.2) is 66.7 Å². The Morgan fingerprint density at radius 1 is 0.766 bits per heavy atom. The molecule has 3 unspecified atom stereocenters. The first-order valence-corrected chi connectivity index (χ1v) is 18.1. The molecule has 1 saturated heterocycles. The molecule has 4 fully saturated rings. The second-order valence-electron chi connectivity index (χ2n) is 17.2. The predicted molar refractivity (Wildman–Crippen MR) is 192 cm³/mol. The van der Waals surface area contributed by atoms with Crippen molar-refractivity contribution in [1.29, 1.82) is 0 Å². The number of benzene rings is 4. The molecule has 4 nitrogen and oxygen atoms in total. The zero-order chi connectivity index (χ0) is 32.1. The first kappa shape index (κ1) is 29.6. The Bertz CT molecular complexity index is 1850. The third-order valence-corrected chi connectivity index (χ3v) is 12.5. The largest absolute Gasteiger partial charge is 0.507 e. The van der Waals surface area contributed by atoms with Crippen molar-refractivity contribution in [2.24, 2.45) is 22.7 Å². The molecule has 1 aliphatic heterocycles. The summed E-state index contributed by atoms with van der Waals surface area (Å²) in [5.74, 6) is 2.80. The maximum absolute atomic E-state index is 12.0. The minimum absolute atomic E-state index is 0.123. The molecule has 1 heterocycles. The second kappa shape index (κ2) is 10.5. The molecule has 3 atom stereocenters. The molecule has 47 heavy (non-hydrogen) atoms. The van der Waals surface area contributed by atoms with Gasteiger partial charge in [0.2, 0.25) is 0 Å². The predicted octanol–water partition coefficient (Wildman–Crippen LogP) is 10.1. The van der Waals surface area contributed by atoms with E-state index in [2.05, 4.69) is 99.3 Å². The van der Waals surface area contributed by atoms with Crippen LogP contribution >= 0.6 is 0 Å². The van der Waals surface area contributed by atoms with E-state index in [4.69, 9.17) is 9.47 Å². The van der Waals surface area contributed by atoms with Gasteiger partial charge < -0.3 is 19.5 Å². The summed E-state index contributed by atoms with van der Waals surface area (Å²) >= 11 is 0. The van der Waals surface area contributed by atoms with Gasteiger partial charge in [-0.15, -0.1) is 0 Å². The van der Waals surface area contributed by atoms with Crippen LogP contribution in [0, 0.1) is 22.7 Å². The van der Waals surface area contributed by atoms with Crippen molar-refractivity contribution in [3.8, 4) is 33.8 Å². The molecular weight excluding hydrogens is 578 g/mol. The maximum atomic E-state index is 12.0. The summed E-state index contributed by atoms with van der Waals surface area (Å²) in [6.07, 6.45) is 8.73. The van der Waals surface area contributed by atoms with Crippen LogP contribution in [0.1, 0.15) is 83.8 Å². The Kier molecular flexibility index (Phi) is 6.62. The monoisotopic (exact) mass is 627 g/mol. The summed E-state index contributed by atoms with van der Waals surface area (Å²) in [5, 5.41) is 14.0. The first-order chi connectivity index (χ1) is 22.6. The second-order valence-corrected chi connectivity index (χ2v) is 17.2. The highest BCUT2D eigenvalue weighted by molar-refractivity contribution is 6.07. The zero-order valence-corrected chi connectivity index (χ0v) is 28.6. The van der Waals surface area contributed by atoms with Gasteiger partial charge >= 0.3 is 0 Å². The molecule has 2 bridgehead atoms. The summed E-state index contributed by atoms with van der Waals surface area (Å²) in [4.78, 5) is 2.40. The van der Waals surface area contributed by atoms with E-state index >= 15 is 0 Å². The van der Waals surface area contributed by atoms with Crippen molar-refractivity contribution in [3.63, 3.8) is 0 Å². The molecule has 0 aromatic heterocycles. The summed E-state index contributed by atoms with van der Waals surface area (Å²) in [5.41, 5.74) is 9.06. The number of nitrogens with zero attached hydrogens (tertiary/aromatic N) is 1. The van der Waals surface area contributed by atoms with E-state index in [1.165, 1.54) is 53.6 Å². The number of fused-ring (bicyclic) bond motifs is 9. The van der Waals surface area contributed by atoms with Crippen LogP contribution in [0.4, 0.5) is 5.69 Å². The minimum Gasteiger partial charge on any atom is -0.507 e.